The van der Waals surface area contributed by atoms with E-state index in [0.717, 1.165) is 27.7 Å². The molecule has 0 unspecified atom stereocenters. The predicted molar refractivity (Wildman–Crippen MR) is 100 cm³/mol. The lowest BCUT2D eigenvalue weighted by atomic mass is 10.1. The van der Waals surface area contributed by atoms with Gasteiger partial charge in [0.1, 0.15) is 5.75 Å². The monoisotopic (exact) mass is 335 g/mol. The molecule has 0 saturated heterocycles. The van der Waals surface area contributed by atoms with Crippen LogP contribution in [0, 0.1) is 20.8 Å². The van der Waals surface area contributed by atoms with Crippen LogP contribution in [0.5, 0.6) is 5.75 Å². The molecule has 0 aliphatic carbocycles. The summed E-state index contributed by atoms with van der Waals surface area (Å²) in [5.41, 5.74) is 7.84. The van der Waals surface area contributed by atoms with Crippen molar-refractivity contribution in [3.05, 3.63) is 64.8 Å². The molecule has 0 bridgehead atoms. The van der Waals surface area contributed by atoms with Crippen molar-refractivity contribution < 1.29 is 9.53 Å². The molecule has 0 atom stereocenters. The van der Waals surface area contributed by atoms with Crippen molar-refractivity contribution in [1.82, 2.24) is 10.4 Å². The molecule has 5 nitrogen and oxygen atoms in total. The van der Waals surface area contributed by atoms with Crippen molar-refractivity contribution in [1.29, 1.82) is 0 Å². The van der Waals surface area contributed by atoms with Gasteiger partial charge in [0.2, 0.25) is 0 Å². The number of para-hydroxylation sites is 1. The molecule has 25 heavy (non-hydrogen) atoms. The molecule has 0 fully saturated rings. The summed E-state index contributed by atoms with van der Waals surface area (Å²) in [7, 11) is 0. The van der Waals surface area contributed by atoms with Crippen molar-refractivity contribution in [3.63, 3.8) is 0 Å². The van der Waals surface area contributed by atoms with E-state index in [1.54, 1.807) is 6.21 Å². The molecule has 0 aliphatic heterocycles. The summed E-state index contributed by atoms with van der Waals surface area (Å²) >= 11 is 0. The first kappa shape index (κ1) is 16.8. The minimum Gasteiger partial charge on any atom is -0.484 e. The second kappa shape index (κ2) is 7.21. The lowest BCUT2D eigenvalue weighted by molar-refractivity contribution is -0.123. The highest BCUT2D eigenvalue weighted by Gasteiger charge is 2.06. The third kappa shape index (κ3) is 3.88. The molecule has 5 heteroatoms. The number of hydrogen-bond acceptors (Lipinski definition) is 3. The van der Waals surface area contributed by atoms with Gasteiger partial charge in [-0.2, -0.15) is 5.10 Å². The number of fused-ring (bicyclic) bond motifs is 1. The van der Waals surface area contributed by atoms with Crippen molar-refractivity contribution in [2.75, 3.05) is 6.61 Å². The second-order valence-electron chi connectivity index (χ2n) is 6.04. The van der Waals surface area contributed by atoms with Crippen LogP contribution in [-0.4, -0.2) is 23.7 Å². The van der Waals surface area contributed by atoms with Crippen LogP contribution in [-0.2, 0) is 4.79 Å². The Kier molecular flexibility index (Phi) is 4.84. The van der Waals surface area contributed by atoms with E-state index in [0.29, 0.717) is 5.75 Å². The van der Waals surface area contributed by atoms with Crippen molar-refractivity contribution >= 4 is 23.0 Å². The Morgan fingerprint density at radius 1 is 1.16 bits per heavy atom. The number of carbonyl (C=O) groups excluding carboxylic acids is 1. The molecule has 0 aliphatic rings. The summed E-state index contributed by atoms with van der Waals surface area (Å²) in [6.45, 7) is 5.95. The van der Waals surface area contributed by atoms with Gasteiger partial charge in [-0.1, -0.05) is 24.3 Å². The number of carbonyl (C=O) groups is 1. The van der Waals surface area contributed by atoms with Gasteiger partial charge in [-0.15, -0.1) is 0 Å². The van der Waals surface area contributed by atoms with E-state index < -0.39 is 0 Å². The number of nitrogens with one attached hydrogen (secondary N) is 2. The van der Waals surface area contributed by atoms with Crippen LogP contribution in [0.25, 0.3) is 10.9 Å². The number of amides is 1. The fourth-order valence-electron chi connectivity index (χ4n) is 2.62. The number of ether oxygens (including phenoxy) is 1. The van der Waals surface area contributed by atoms with E-state index in [1.807, 2.05) is 63.2 Å². The first-order chi connectivity index (χ1) is 12.0. The molecule has 0 radical (unpaired) electrons. The van der Waals surface area contributed by atoms with Crippen LogP contribution in [0.1, 0.15) is 22.4 Å². The summed E-state index contributed by atoms with van der Waals surface area (Å²) in [5.74, 6) is 0.377. The van der Waals surface area contributed by atoms with E-state index >= 15 is 0 Å². The van der Waals surface area contributed by atoms with Crippen molar-refractivity contribution in [3.8, 4) is 5.75 Å². The Morgan fingerprint density at radius 2 is 1.96 bits per heavy atom. The van der Waals surface area contributed by atoms with Gasteiger partial charge in [0, 0.05) is 22.2 Å². The zero-order valence-electron chi connectivity index (χ0n) is 14.6. The molecule has 1 heterocycles. The Hall–Kier alpha value is -3.08. The van der Waals surface area contributed by atoms with Gasteiger partial charge in [0.15, 0.2) is 6.61 Å². The van der Waals surface area contributed by atoms with Crippen LogP contribution < -0.4 is 10.2 Å². The predicted octanol–water partition coefficient (Wildman–Crippen LogP) is 3.62. The smallest absolute Gasteiger partial charge is 0.277 e. The van der Waals surface area contributed by atoms with Gasteiger partial charge in [-0.3, -0.25) is 4.79 Å². The normalized spacial score (nSPS) is 11.2. The maximum Gasteiger partial charge on any atom is 0.277 e. The highest BCUT2D eigenvalue weighted by Crippen LogP contribution is 2.20. The molecular formula is C20H21N3O2. The summed E-state index contributed by atoms with van der Waals surface area (Å²) in [5, 5.41) is 5.12. The van der Waals surface area contributed by atoms with Crippen molar-refractivity contribution in [2.45, 2.75) is 20.8 Å². The molecular weight excluding hydrogens is 314 g/mol. The minimum atomic E-state index is -0.299. The topological polar surface area (TPSA) is 66.5 Å². The molecule has 0 saturated carbocycles. The lowest BCUT2D eigenvalue weighted by Gasteiger charge is -2.07. The first-order valence-electron chi connectivity index (χ1n) is 8.14. The number of benzene rings is 2. The third-order valence-electron chi connectivity index (χ3n) is 4.17. The van der Waals surface area contributed by atoms with Gasteiger partial charge in [-0.25, -0.2) is 5.43 Å². The number of aromatic amines is 1. The highest BCUT2D eigenvalue weighted by atomic mass is 16.5. The SMILES string of the molecule is Cc1ccc(OCC(=O)N/N=C/c2c(C)[nH]c3ccccc23)cc1C. The van der Waals surface area contributed by atoms with Crippen LogP contribution in [0.15, 0.2) is 47.6 Å². The number of hydrazone groups is 1. The van der Waals surface area contributed by atoms with Gasteiger partial charge < -0.3 is 9.72 Å². The standard InChI is InChI=1S/C20H21N3O2/c1-13-8-9-16(10-14(13)2)25-12-20(24)23-21-11-18-15(3)22-19-7-5-4-6-17(18)19/h4-11,22H,12H2,1-3H3,(H,23,24)/b21-11+. The minimum absolute atomic E-state index is 0.0767. The number of aryl methyl sites for hydroxylation is 3. The fourth-order valence-corrected chi connectivity index (χ4v) is 2.62. The maximum atomic E-state index is 11.9. The van der Waals surface area contributed by atoms with Crippen LogP contribution in [0.2, 0.25) is 0 Å². The number of aromatic nitrogens is 1. The Morgan fingerprint density at radius 3 is 2.76 bits per heavy atom. The molecule has 0 spiro atoms. The molecule has 3 aromatic rings. The zero-order chi connectivity index (χ0) is 17.8. The number of rotatable bonds is 5. The number of hydrogen-bond donors (Lipinski definition) is 2. The Bertz CT molecular complexity index is 941. The van der Waals surface area contributed by atoms with E-state index in [2.05, 4.69) is 15.5 Å². The van der Waals surface area contributed by atoms with E-state index in [-0.39, 0.29) is 12.5 Å². The third-order valence-corrected chi connectivity index (χ3v) is 4.17. The van der Waals surface area contributed by atoms with Crippen LogP contribution in [0.3, 0.4) is 0 Å². The van der Waals surface area contributed by atoms with Gasteiger partial charge in [0.05, 0.1) is 6.21 Å². The van der Waals surface area contributed by atoms with Crippen molar-refractivity contribution in [2.24, 2.45) is 5.10 Å². The largest absolute Gasteiger partial charge is 0.484 e. The van der Waals surface area contributed by atoms with Crippen LogP contribution >= 0.6 is 0 Å². The Labute approximate surface area is 146 Å². The second-order valence-corrected chi connectivity index (χ2v) is 6.04. The zero-order valence-corrected chi connectivity index (χ0v) is 14.6. The average molecular weight is 335 g/mol. The average Bonchev–Trinajstić information content (AvgIpc) is 2.92. The first-order valence-corrected chi connectivity index (χ1v) is 8.14. The quantitative estimate of drug-likeness (QED) is 0.552. The molecule has 2 N–H and O–H groups in total. The summed E-state index contributed by atoms with van der Waals surface area (Å²) in [6.07, 6.45) is 1.65. The lowest BCUT2D eigenvalue weighted by Crippen LogP contribution is -2.24. The Balaban J connectivity index is 1.59. The summed E-state index contributed by atoms with van der Waals surface area (Å²) < 4.78 is 5.49. The number of H-pyrrole nitrogens is 1. The van der Waals surface area contributed by atoms with Gasteiger partial charge >= 0.3 is 0 Å². The van der Waals surface area contributed by atoms with Gasteiger partial charge in [-0.05, 0) is 50.1 Å². The summed E-state index contributed by atoms with van der Waals surface area (Å²) in [6, 6.07) is 13.7. The van der Waals surface area contributed by atoms with E-state index in [4.69, 9.17) is 4.74 Å². The highest BCUT2D eigenvalue weighted by molar-refractivity contribution is 6.00. The fraction of sp³-hybridized carbons (Fsp3) is 0.200. The van der Waals surface area contributed by atoms with E-state index in [9.17, 15) is 4.79 Å². The molecule has 2 aromatic carbocycles. The van der Waals surface area contributed by atoms with E-state index in [1.165, 1.54) is 5.56 Å². The summed E-state index contributed by atoms with van der Waals surface area (Å²) in [4.78, 5) is 15.2. The molecule has 1 aromatic heterocycles. The van der Waals surface area contributed by atoms with Gasteiger partial charge in [0.25, 0.3) is 5.91 Å². The van der Waals surface area contributed by atoms with Crippen LogP contribution in [0.4, 0.5) is 0 Å². The number of nitrogens with zero attached hydrogens (tertiary/aromatic N) is 1. The molecule has 1 amide bonds. The maximum absolute atomic E-state index is 11.9. The molecule has 128 valence electrons. The molecule has 3 rings (SSSR count).